The fourth-order valence-corrected chi connectivity index (χ4v) is 2.81. The summed E-state index contributed by atoms with van der Waals surface area (Å²) in [7, 11) is 0. The van der Waals surface area contributed by atoms with Crippen molar-refractivity contribution in [1.82, 2.24) is 4.98 Å². The molecule has 0 aliphatic carbocycles. The molecule has 0 aromatic carbocycles. The molecular formula is C23H35NO2. The monoisotopic (exact) mass is 357 g/mol. The van der Waals surface area contributed by atoms with Gasteiger partial charge in [0.05, 0.1) is 10.8 Å². The summed E-state index contributed by atoms with van der Waals surface area (Å²) in [5.74, 6) is 0.428. The molecule has 3 nitrogen and oxygen atoms in total. The lowest BCUT2D eigenvalue weighted by Crippen LogP contribution is -2.35. The Morgan fingerprint density at radius 1 is 1.19 bits per heavy atom. The zero-order valence-corrected chi connectivity index (χ0v) is 17.4. The van der Waals surface area contributed by atoms with E-state index in [4.69, 9.17) is 9.72 Å². The van der Waals surface area contributed by atoms with Gasteiger partial charge in [-0.2, -0.15) is 0 Å². The maximum absolute atomic E-state index is 12.6. The molecule has 0 saturated heterocycles. The predicted octanol–water partition coefficient (Wildman–Crippen LogP) is 4.62. The Balaban J connectivity index is 3.38. The van der Waals surface area contributed by atoms with Gasteiger partial charge in [-0.05, 0) is 53.5 Å². The third-order valence-electron chi connectivity index (χ3n) is 4.41. The topological polar surface area (TPSA) is 39.2 Å². The van der Waals surface area contributed by atoms with Crippen molar-refractivity contribution >= 4 is 18.1 Å². The zero-order valence-electron chi connectivity index (χ0n) is 17.4. The van der Waals surface area contributed by atoms with Crippen molar-refractivity contribution < 1.29 is 9.53 Å². The first-order chi connectivity index (χ1) is 12.3. The summed E-state index contributed by atoms with van der Waals surface area (Å²) in [5.41, 5.74) is 1.42. The van der Waals surface area contributed by atoms with Gasteiger partial charge in [0.2, 0.25) is 0 Å². The second kappa shape index (κ2) is 10.3. The van der Waals surface area contributed by atoms with Gasteiger partial charge in [-0.3, -0.25) is 9.78 Å². The molecule has 1 aromatic rings. The maximum atomic E-state index is 12.6. The number of nitrogens with zero attached hydrogens (tertiary/aromatic N) is 1. The van der Waals surface area contributed by atoms with Crippen LogP contribution in [0.5, 0.6) is 5.75 Å². The normalized spacial score (nSPS) is 13.2. The number of allylic oxidation sites excluding steroid dienone is 1. The van der Waals surface area contributed by atoms with Gasteiger partial charge in [0.1, 0.15) is 5.75 Å². The summed E-state index contributed by atoms with van der Waals surface area (Å²) in [6, 6.07) is 0. The average molecular weight is 358 g/mol. The van der Waals surface area contributed by atoms with Crippen LogP contribution in [0, 0.1) is 12.3 Å². The highest BCUT2D eigenvalue weighted by molar-refractivity contribution is 5.78. The Bertz CT molecular complexity index is 739. The zero-order chi connectivity index (χ0) is 19.7. The van der Waals surface area contributed by atoms with Gasteiger partial charge in [-0.15, -0.1) is 0 Å². The number of carbonyl (C=O) groups excluding carboxylic acids is 1. The second-order valence-electron chi connectivity index (χ2n) is 7.80. The van der Waals surface area contributed by atoms with Crippen LogP contribution in [0.2, 0.25) is 0 Å². The van der Waals surface area contributed by atoms with Crippen LogP contribution < -0.4 is 15.3 Å². The highest BCUT2D eigenvalue weighted by Gasteiger charge is 2.25. The van der Waals surface area contributed by atoms with Crippen molar-refractivity contribution in [3.8, 4) is 5.75 Å². The van der Waals surface area contributed by atoms with Crippen LogP contribution in [0.4, 0.5) is 0 Å². The van der Waals surface area contributed by atoms with Gasteiger partial charge in [-0.1, -0.05) is 51.3 Å². The first kappa shape index (κ1) is 22.1. The quantitative estimate of drug-likeness (QED) is 0.503. The summed E-state index contributed by atoms with van der Waals surface area (Å²) >= 11 is 0. The van der Waals surface area contributed by atoms with E-state index in [1.54, 1.807) is 6.08 Å². The van der Waals surface area contributed by atoms with Crippen LogP contribution in [0.25, 0.3) is 12.2 Å². The molecule has 0 aliphatic heterocycles. The van der Waals surface area contributed by atoms with E-state index in [2.05, 4.69) is 13.5 Å². The lowest BCUT2D eigenvalue weighted by atomic mass is 9.97. The molecule has 144 valence electrons. The SMILES string of the molecule is C=C/C=c1/c(OC(=O)C(C)(C)C)c(CCCCCCC)c(C)n/c1=C/C. The molecule has 0 aliphatic rings. The molecule has 1 rings (SSSR count). The molecule has 1 aromatic heterocycles. The van der Waals surface area contributed by atoms with Crippen LogP contribution >= 0.6 is 0 Å². The lowest BCUT2D eigenvalue weighted by molar-refractivity contribution is -0.143. The summed E-state index contributed by atoms with van der Waals surface area (Å²) in [6.07, 6.45) is 12.4. The molecule has 0 fully saturated rings. The largest absolute Gasteiger partial charge is 0.425 e. The van der Waals surface area contributed by atoms with Gasteiger partial charge < -0.3 is 4.74 Å². The summed E-state index contributed by atoms with van der Waals surface area (Å²) < 4.78 is 5.92. The number of aromatic nitrogens is 1. The lowest BCUT2D eigenvalue weighted by Gasteiger charge is -2.20. The van der Waals surface area contributed by atoms with Crippen LogP contribution in [0.1, 0.15) is 78.0 Å². The molecule has 0 atom stereocenters. The van der Waals surface area contributed by atoms with Gasteiger partial charge in [0.25, 0.3) is 0 Å². The molecule has 0 unspecified atom stereocenters. The number of rotatable bonds is 8. The molecule has 0 amide bonds. The van der Waals surface area contributed by atoms with E-state index in [1.807, 2.05) is 46.8 Å². The van der Waals surface area contributed by atoms with E-state index in [1.165, 1.54) is 25.7 Å². The number of hydrogen-bond acceptors (Lipinski definition) is 3. The maximum Gasteiger partial charge on any atom is 0.316 e. The Morgan fingerprint density at radius 2 is 1.85 bits per heavy atom. The Hall–Kier alpha value is -1.90. The number of pyridine rings is 1. The van der Waals surface area contributed by atoms with E-state index in [9.17, 15) is 4.79 Å². The number of unbranched alkanes of at least 4 members (excludes halogenated alkanes) is 4. The third-order valence-corrected chi connectivity index (χ3v) is 4.41. The molecule has 0 radical (unpaired) electrons. The molecule has 0 N–H and O–H groups in total. The highest BCUT2D eigenvalue weighted by Crippen LogP contribution is 2.23. The van der Waals surface area contributed by atoms with E-state index in [0.29, 0.717) is 5.75 Å². The Kier molecular flexibility index (Phi) is 8.77. The minimum Gasteiger partial charge on any atom is -0.425 e. The van der Waals surface area contributed by atoms with Crippen molar-refractivity contribution in [1.29, 1.82) is 0 Å². The van der Waals surface area contributed by atoms with Crippen LogP contribution in [0.15, 0.2) is 12.7 Å². The Morgan fingerprint density at radius 3 is 2.38 bits per heavy atom. The van der Waals surface area contributed by atoms with Crippen molar-refractivity contribution in [3.63, 3.8) is 0 Å². The average Bonchev–Trinajstić information content (AvgIpc) is 2.57. The summed E-state index contributed by atoms with van der Waals surface area (Å²) in [4.78, 5) is 17.3. The van der Waals surface area contributed by atoms with Crippen LogP contribution in [-0.4, -0.2) is 11.0 Å². The fourth-order valence-electron chi connectivity index (χ4n) is 2.81. The number of esters is 1. The molecule has 26 heavy (non-hydrogen) atoms. The molecule has 0 spiro atoms. The fraction of sp³-hybridized carbons (Fsp3) is 0.565. The van der Waals surface area contributed by atoms with E-state index >= 15 is 0 Å². The first-order valence-electron chi connectivity index (χ1n) is 9.77. The minimum atomic E-state index is -0.558. The second-order valence-corrected chi connectivity index (χ2v) is 7.80. The van der Waals surface area contributed by atoms with Crippen molar-refractivity contribution in [2.75, 3.05) is 0 Å². The van der Waals surface area contributed by atoms with Gasteiger partial charge >= 0.3 is 5.97 Å². The van der Waals surface area contributed by atoms with Gasteiger partial charge in [0, 0.05) is 16.5 Å². The smallest absolute Gasteiger partial charge is 0.316 e. The summed E-state index contributed by atoms with van der Waals surface area (Å²) in [5, 5.41) is 1.67. The number of ether oxygens (including phenoxy) is 1. The van der Waals surface area contributed by atoms with Crippen molar-refractivity contribution in [2.45, 2.75) is 80.1 Å². The molecular weight excluding hydrogens is 322 g/mol. The standard InChI is InChI=1S/C23H35NO2/c1-8-11-12-13-14-16-18-17(4)24-20(10-3)19(15-9-2)21(18)26-22(25)23(5,6)7/h9-10,15H,2,8,11-14,16H2,1,3-7H3/b19-15+,20-10+. The predicted molar refractivity (Wildman–Crippen MR) is 111 cm³/mol. The first-order valence-corrected chi connectivity index (χ1v) is 9.77. The molecule has 3 heteroatoms. The minimum absolute atomic E-state index is 0.226. The van der Waals surface area contributed by atoms with E-state index < -0.39 is 5.41 Å². The highest BCUT2D eigenvalue weighted by atomic mass is 16.5. The van der Waals surface area contributed by atoms with Crippen LogP contribution in [0.3, 0.4) is 0 Å². The van der Waals surface area contributed by atoms with Crippen LogP contribution in [-0.2, 0) is 11.2 Å². The number of hydrogen-bond donors (Lipinski definition) is 0. The summed E-state index contributed by atoms with van der Waals surface area (Å²) in [6.45, 7) is 15.6. The van der Waals surface area contributed by atoms with Gasteiger partial charge in [-0.25, -0.2) is 0 Å². The van der Waals surface area contributed by atoms with Gasteiger partial charge in [0.15, 0.2) is 0 Å². The number of aryl methyl sites for hydroxylation is 1. The van der Waals surface area contributed by atoms with Crippen molar-refractivity contribution in [2.24, 2.45) is 5.41 Å². The Labute approximate surface area is 158 Å². The molecule has 0 bridgehead atoms. The third kappa shape index (κ3) is 6.12. The van der Waals surface area contributed by atoms with E-state index in [0.717, 1.165) is 34.7 Å². The van der Waals surface area contributed by atoms with E-state index in [-0.39, 0.29) is 5.97 Å². The molecule has 0 saturated carbocycles. The van der Waals surface area contributed by atoms with Crippen molar-refractivity contribution in [3.05, 3.63) is 34.5 Å². The number of carbonyl (C=O) groups is 1. The molecule has 1 heterocycles.